The minimum atomic E-state index is -0.510. The fraction of sp³-hybridized carbons (Fsp3) is 0.0870. The number of amides is 1. The molecular formula is C23H19N3O2. The van der Waals surface area contributed by atoms with E-state index in [4.69, 9.17) is 4.42 Å². The highest BCUT2D eigenvalue weighted by atomic mass is 16.4. The highest BCUT2D eigenvalue weighted by Gasteiger charge is 2.23. The zero-order valence-corrected chi connectivity index (χ0v) is 15.4. The van der Waals surface area contributed by atoms with Crippen LogP contribution in [0.3, 0.4) is 0 Å². The SMILES string of the molecule is Cc1nnc(C(NC(=O)c2ccc(-c3ccccc3)cc2)c2ccccc2)o1. The quantitative estimate of drug-likeness (QED) is 0.560. The van der Waals surface area contributed by atoms with Crippen molar-refractivity contribution in [3.8, 4) is 11.1 Å². The van der Waals surface area contributed by atoms with Crippen molar-refractivity contribution < 1.29 is 9.21 Å². The highest BCUT2D eigenvalue weighted by molar-refractivity contribution is 5.95. The summed E-state index contributed by atoms with van der Waals surface area (Å²) in [4.78, 5) is 12.9. The van der Waals surface area contributed by atoms with Gasteiger partial charge in [-0.1, -0.05) is 72.8 Å². The molecule has 1 unspecified atom stereocenters. The number of nitrogens with zero attached hydrogens (tertiary/aromatic N) is 2. The lowest BCUT2D eigenvalue weighted by Gasteiger charge is -2.16. The maximum absolute atomic E-state index is 12.9. The molecule has 0 aliphatic carbocycles. The first kappa shape index (κ1) is 17.7. The number of nitrogens with one attached hydrogen (secondary N) is 1. The van der Waals surface area contributed by atoms with E-state index in [1.807, 2.05) is 84.9 Å². The molecule has 1 amide bonds. The lowest BCUT2D eigenvalue weighted by molar-refractivity contribution is 0.0937. The van der Waals surface area contributed by atoms with E-state index >= 15 is 0 Å². The van der Waals surface area contributed by atoms with E-state index in [2.05, 4.69) is 15.5 Å². The molecule has 0 bridgehead atoms. The summed E-state index contributed by atoms with van der Waals surface area (Å²) in [5.74, 6) is 0.611. The highest BCUT2D eigenvalue weighted by Crippen LogP contribution is 2.23. The maximum atomic E-state index is 12.9. The number of hydrogen-bond acceptors (Lipinski definition) is 4. The monoisotopic (exact) mass is 369 g/mol. The lowest BCUT2D eigenvalue weighted by atomic mass is 10.0. The molecule has 1 aromatic heterocycles. The summed E-state index contributed by atoms with van der Waals surface area (Å²) >= 11 is 0. The number of aromatic nitrogens is 2. The Hall–Kier alpha value is -3.73. The van der Waals surface area contributed by atoms with Gasteiger partial charge in [-0.2, -0.15) is 0 Å². The lowest BCUT2D eigenvalue weighted by Crippen LogP contribution is -2.29. The van der Waals surface area contributed by atoms with Gasteiger partial charge in [0.05, 0.1) is 0 Å². The molecule has 1 N–H and O–H groups in total. The third kappa shape index (κ3) is 3.83. The Kier molecular flexibility index (Phi) is 4.97. The molecule has 1 atom stereocenters. The number of benzene rings is 3. The second kappa shape index (κ2) is 7.88. The second-order valence-corrected chi connectivity index (χ2v) is 6.42. The fourth-order valence-electron chi connectivity index (χ4n) is 3.02. The Morgan fingerprint density at radius 2 is 1.43 bits per heavy atom. The van der Waals surface area contributed by atoms with Crippen LogP contribution in [0.2, 0.25) is 0 Å². The summed E-state index contributed by atoms with van der Waals surface area (Å²) in [6.07, 6.45) is 0. The minimum Gasteiger partial charge on any atom is -0.423 e. The van der Waals surface area contributed by atoms with Gasteiger partial charge in [-0.3, -0.25) is 4.79 Å². The molecule has 28 heavy (non-hydrogen) atoms. The normalized spacial score (nSPS) is 11.8. The van der Waals surface area contributed by atoms with Gasteiger partial charge in [0, 0.05) is 12.5 Å². The van der Waals surface area contributed by atoms with Crippen molar-refractivity contribution in [1.29, 1.82) is 0 Å². The molecule has 4 rings (SSSR count). The summed E-state index contributed by atoms with van der Waals surface area (Å²) < 4.78 is 5.58. The third-order valence-electron chi connectivity index (χ3n) is 4.45. The van der Waals surface area contributed by atoms with E-state index in [1.165, 1.54) is 0 Å². The summed E-state index contributed by atoms with van der Waals surface area (Å²) in [5.41, 5.74) is 3.61. The minimum absolute atomic E-state index is 0.204. The molecule has 3 aromatic carbocycles. The molecule has 0 saturated heterocycles. The number of rotatable bonds is 5. The Bertz CT molecular complexity index is 1060. The molecule has 0 aliphatic heterocycles. The van der Waals surface area contributed by atoms with Gasteiger partial charge in [-0.15, -0.1) is 10.2 Å². The van der Waals surface area contributed by atoms with Crippen LogP contribution >= 0.6 is 0 Å². The van der Waals surface area contributed by atoms with E-state index in [9.17, 15) is 4.79 Å². The predicted molar refractivity (Wildman–Crippen MR) is 107 cm³/mol. The van der Waals surface area contributed by atoms with E-state index in [0.29, 0.717) is 17.3 Å². The van der Waals surface area contributed by atoms with Crippen LogP contribution in [0.4, 0.5) is 0 Å². The Morgan fingerprint density at radius 3 is 2.04 bits per heavy atom. The smallest absolute Gasteiger partial charge is 0.252 e. The summed E-state index contributed by atoms with van der Waals surface area (Å²) in [5, 5.41) is 11.0. The topological polar surface area (TPSA) is 68.0 Å². The molecule has 0 fully saturated rings. The molecule has 4 aromatic rings. The summed E-state index contributed by atoms with van der Waals surface area (Å²) in [6, 6.07) is 26.6. The van der Waals surface area contributed by atoms with Crippen LogP contribution in [0.25, 0.3) is 11.1 Å². The van der Waals surface area contributed by atoms with Gasteiger partial charge in [0.25, 0.3) is 5.91 Å². The first-order valence-corrected chi connectivity index (χ1v) is 9.02. The molecule has 1 heterocycles. The van der Waals surface area contributed by atoms with Crippen LogP contribution in [0.15, 0.2) is 89.3 Å². The first-order chi connectivity index (χ1) is 13.7. The van der Waals surface area contributed by atoms with E-state index in [-0.39, 0.29) is 5.91 Å². The number of carbonyl (C=O) groups is 1. The average Bonchev–Trinajstić information content (AvgIpc) is 3.19. The zero-order chi connectivity index (χ0) is 19.3. The van der Waals surface area contributed by atoms with Crippen LogP contribution in [0, 0.1) is 6.92 Å². The molecule has 0 saturated carbocycles. The Labute approximate surface area is 163 Å². The van der Waals surface area contributed by atoms with Crippen molar-refractivity contribution in [2.45, 2.75) is 13.0 Å². The Morgan fingerprint density at radius 1 is 0.821 bits per heavy atom. The van der Waals surface area contributed by atoms with E-state index < -0.39 is 6.04 Å². The molecule has 0 aliphatic rings. The van der Waals surface area contributed by atoms with Crippen LogP contribution in [0.1, 0.15) is 33.7 Å². The van der Waals surface area contributed by atoms with Crippen LogP contribution in [-0.4, -0.2) is 16.1 Å². The van der Waals surface area contributed by atoms with Crippen LogP contribution < -0.4 is 5.32 Å². The van der Waals surface area contributed by atoms with Crippen molar-refractivity contribution >= 4 is 5.91 Å². The van der Waals surface area contributed by atoms with Gasteiger partial charge in [0.2, 0.25) is 11.8 Å². The van der Waals surface area contributed by atoms with Gasteiger partial charge < -0.3 is 9.73 Å². The van der Waals surface area contributed by atoms with E-state index in [1.54, 1.807) is 6.92 Å². The zero-order valence-electron chi connectivity index (χ0n) is 15.4. The summed E-state index contributed by atoms with van der Waals surface area (Å²) in [7, 11) is 0. The van der Waals surface area contributed by atoms with Crippen molar-refractivity contribution in [2.24, 2.45) is 0 Å². The van der Waals surface area contributed by atoms with Gasteiger partial charge in [0.1, 0.15) is 6.04 Å². The Balaban J connectivity index is 1.58. The van der Waals surface area contributed by atoms with E-state index in [0.717, 1.165) is 16.7 Å². The van der Waals surface area contributed by atoms with Crippen molar-refractivity contribution in [2.75, 3.05) is 0 Å². The maximum Gasteiger partial charge on any atom is 0.252 e. The van der Waals surface area contributed by atoms with Crippen molar-refractivity contribution in [3.05, 3.63) is 108 Å². The number of aryl methyl sites for hydroxylation is 1. The molecule has 5 nitrogen and oxygen atoms in total. The standard InChI is InChI=1S/C23H19N3O2/c1-16-25-26-23(28-16)21(19-10-6-3-7-11-19)24-22(27)20-14-12-18(13-15-20)17-8-4-2-5-9-17/h2-15,21H,1H3,(H,24,27). The molecular weight excluding hydrogens is 350 g/mol. The predicted octanol–water partition coefficient (Wildman–Crippen LogP) is 4.56. The van der Waals surface area contributed by atoms with Crippen LogP contribution in [-0.2, 0) is 0 Å². The van der Waals surface area contributed by atoms with Gasteiger partial charge in [-0.05, 0) is 28.8 Å². The van der Waals surface area contributed by atoms with Gasteiger partial charge in [0.15, 0.2) is 0 Å². The average molecular weight is 369 g/mol. The van der Waals surface area contributed by atoms with Crippen LogP contribution in [0.5, 0.6) is 0 Å². The molecule has 0 spiro atoms. The van der Waals surface area contributed by atoms with Gasteiger partial charge in [-0.25, -0.2) is 0 Å². The van der Waals surface area contributed by atoms with Gasteiger partial charge >= 0.3 is 0 Å². The fourth-order valence-corrected chi connectivity index (χ4v) is 3.02. The molecule has 0 radical (unpaired) electrons. The number of carbonyl (C=O) groups excluding carboxylic acids is 1. The number of hydrogen-bond donors (Lipinski definition) is 1. The molecule has 5 heteroatoms. The summed E-state index contributed by atoms with van der Waals surface area (Å²) in [6.45, 7) is 1.72. The largest absolute Gasteiger partial charge is 0.423 e. The second-order valence-electron chi connectivity index (χ2n) is 6.42. The third-order valence-corrected chi connectivity index (χ3v) is 4.45. The van der Waals surface area contributed by atoms with Crippen molar-refractivity contribution in [3.63, 3.8) is 0 Å². The molecule has 138 valence electrons. The van der Waals surface area contributed by atoms with Crippen molar-refractivity contribution in [1.82, 2.24) is 15.5 Å². The first-order valence-electron chi connectivity index (χ1n) is 9.02.